The molecule has 0 unspecified atom stereocenters. The number of guanidine groups is 1. The fourth-order valence-electron chi connectivity index (χ4n) is 2.27. The van der Waals surface area contributed by atoms with Crippen LogP contribution in [0.1, 0.15) is 36.1 Å². The summed E-state index contributed by atoms with van der Waals surface area (Å²) in [6, 6.07) is 4.40. The van der Waals surface area contributed by atoms with E-state index in [4.69, 9.17) is 5.73 Å². The molecule has 0 spiro atoms. The molecule has 0 aliphatic heterocycles. The van der Waals surface area contributed by atoms with E-state index < -0.39 is 0 Å². The number of halogens is 1. The van der Waals surface area contributed by atoms with Gasteiger partial charge in [0.15, 0.2) is 5.96 Å². The summed E-state index contributed by atoms with van der Waals surface area (Å²) in [5.74, 6) is 0.638. The Morgan fingerprint density at radius 1 is 1.11 bits per heavy atom. The molecule has 0 bridgehead atoms. The van der Waals surface area contributed by atoms with Gasteiger partial charge < -0.3 is 10.6 Å². The van der Waals surface area contributed by atoms with Gasteiger partial charge in [-0.1, -0.05) is 17.7 Å². The lowest BCUT2D eigenvalue weighted by Gasteiger charge is -2.19. The fourth-order valence-corrected chi connectivity index (χ4v) is 2.27. The third kappa shape index (κ3) is 5.01. The van der Waals surface area contributed by atoms with Gasteiger partial charge in [0.05, 0.1) is 6.54 Å². The Balaban J connectivity index is 0.00000324. The molecule has 0 aliphatic rings. The predicted octanol–water partition coefficient (Wildman–Crippen LogP) is 3.39. The molecule has 1 aromatic carbocycles. The lowest BCUT2D eigenvalue weighted by atomic mass is 10.00. The number of hydrogen-bond acceptors (Lipinski definition) is 1. The molecule has 0 fully saturated rings. The molecule has 2 N–H and O–H groups in total. The van der Waals surface area contributed by atoms with Crippen molar-refractivity contribution >= 4 is 29.9 Å². The van der Waals surface area contributed by atoms with Gasteiger partial charge in [-0.25, -0.2) is 4.99 Å². The highest BCUT2D eigenvalue weighted by Crippen LogP contribution is 2.17. The average Bonchev–Trinajstić information content (AvgIpc) is 2.29. The van der Waals surface area contributed by atoms with E-state index in [1.807, 2.05) is 0 Å². The predicted molar refractivity (Wildman–Crippen MR) is 94.3 cm³/mol. The van der Waals surface area contributed by atoms with Gasteiger partial charge in [-0.3, -0.25) is 0 Å². The van der Waals surface area contributed by atoms with Gasteiger partial charge in [0, 0.05) is 13.1 Å². The van der Waals surface area contributed by atoms with Crippen LogP contribution in [0.25, 0.3) is 0 Å². The minimum Gasteiger partial charge on any atom is -0.370 e. The number of aryl methyl sites for hydroxylation is 3. The van der Waals surface area contributed by atoms with Crippen LogP contribution >= 0.6 is 24.0 Å². The van der Waals surface area contributed by atoms with Gasteiger partial charge in [-0.2, -0.15) is 0 Å². The Morgan fingerprint density at radius 2 is 1.58 bits per heavy atom. The second-order valence-electron chi connectivity index (χ2n) is 4.72. The molecule has 0 amide bonds. The molecule has 0 atom stereocenters. The summed E-state index contributed by atoms with van der Waals surface area (Å²) in [7, 11) is 0. The second kappa shape index (κ2) is 8.40. The number of nitrogens with zero attached hydrogens (tertiary/aromatic N) is 2. The summed E-state index contributed by atoms with van der Waals surface area (Å²) < 4.78 is 0. The third-order valence-electron chi connectivity index (χ3n) is 3.33. The number of rotatable bonds is 4. The molecular formula is C15H26IN3. The van der Waals surface area contributed by atoms with Gasteiger partial charge in [0.2, 0.25) is 0 Å². The Bertz CT molecular complexity index is 414. The van der Waals surface area contributed by atoms with Crippen molar-refractivity contribution in [1.82, 2.24) is 4.90 Å². The van der Waals surface area contributed by atoms with Gasteiger partial charge >= 0.3 is 0 Å². The summed E-state index contributed by atoms with van der Waals surface area (Å²) in [4.78, 5) is 6.58. The first-order valence-corrected chi connectivity index (χ1v) is 6.61. The van der Waals surface area contributed by atoms with Crippen molar-refractivity contribution in [3.8, 4) is 0 Å². The highest BCUT2D eigenvalue weighted by atomic mass is 127. The molecule has 3 nitrogen and oxygen atoms in total. The summed E-state index contributed by atoms with van der Waals surface area (Å²) in [5, 5.41) is 0. The number of benzene rings is 1. The molecule has 0 radical (unpaired) electrons. The van der Waals surface area contributed by atoms with E-state index in [0.29, 0.717) is 12.5 Å². The smallest absolute Gasteiger partial charge is 0.191 e. The van der Waals surface area contributed by atoms with Crippen LogP contribution in [-0.4, -0.2) is 23.9 Å². The van der Waals surface area contributed by atoms with Crippen molar-refractivity contribution < 1.29 is 0 Å². The highest BCUT2D eigenvalue weighted by molar-refractivity contribution is 14.0. The molecule has 108 valence electrons. The minimum atomic E-state index is 0. The van der Waals surface area contributed by atoms with Crippen LogP contribution in [0.3, 0.4) is 0 Å². The van der Waals surface area contributed by atoms with Gasteiger partial charge in [0.1, 0.15) is 0 Å². The van der Waals surface area contributed by atoms with Gasteiger partial charge in [-0.05, 0) is 51.3 Å². The molecule has 0 heterocycles. The monoisotopic (exact) mass is 375 g/mol. The molecule has 0 aliphatic carbocycles. The van der Waals surface area contributed by atoms with E-state index in [1.54, 1.807) is 0 Å². The van der Waals surface area contributed by atoms with E-state index in [1.165, 1.54) is 22.3 Å². The summed E-state index contributed by atoms with van der Waals surface area (Å²) in [6.45, 7) is 13.0. The zero-order valence-electron chi connectivity index (χ0n) is 12.7. The van der Waals surface area contributed by atoms with E-state index in [9.17, 15) is 0 Å². The highest BCUT2D eigenvalue weighted by Gasteiger charge is 2.05. The topological polar surface area (TPSA) is 41.6 Å². The maximum absolute atomic E-state index is 5.99. The van der Waals surface area contributed by atoms with Crippen LogP contribution in [0.5, 0.6) is 0 Å². The minimum absolute atomic E-state index is 0. The molecule has 1 aromatic rings. The maximum atomic E-state index is 5.99. The van der Waals surface area contributed by atoms with Crippen LogP contribution in [0.4, 0.5) is 0 Å². The Kier molecular flexibility index (Phi) is 8.06. The summed E-state index contributed by atoms with van der Waals surface area (Å²) >= 11 is 0. The fraction of sp³-hybridized carbons (Fsp3) is 0.533. The van der Waals surface area contributed by atoms with Gasteiger partial charge in [-0.15, -0.1) is 24.0 Å². The van der Waals surface area contributed by atoms with Crippen LogP contribution < -0.4 is 5.73 Å². The summed E-state index contributed by atoms with van der Waals surface area (Å²) in [6.07, 6.45) is 0. The van der Waals surface area contributed by atoms with Crippen LogP contribution in [0.2, 0.25) is 0 Å². The Morgan fingerprint density at radius 3 is 2.00 bits per heavy atom. The molecule has 0 saturated heterocycles. The van der Waals surface area contributed by atoms with Crippen molar-refractivity contribution in [3.05, 3.63) is 34.4 Å². The first kappa shape index (κ1) is 18.2. The van der Waals surface area contributed by atoms with Crippen molar-refractivity contribution in [2.75, 3.05) is 13.1 Å². The molecular weight excluding hydrogens is 349 g/mol. The van der Waals surface area contributed by atoms with Crippen molar-refractivity contribution in [1.29, 1.82) is 0 Å². The zero-order valence-corrected chi connectivity index (χ0v) is 15.0. The standard InChI is InChI=1S/C15H25N3.HI/c1-6-18(7-2)15(16)17-10-14-12(4)8-11(3)9-13(14)5;/h8-9H,6-7,10H2,1-5H3,(H2,16,17);1H. The lowest BCUT2D eigenvalue weighted by molar-refractivity contribution is 0.458. The summed E-state index contributed by atoms with van der Waals surface area (Å²) in [5.41, 5.74) is 11.2. The second-order valence-corrected chi connectivity index (χ2v) is 4.72. The van der Waals surface area contributed by atoms with Crippen molar-refractivity contribution in [2.24, 2.45) is 10.7 Å². The largest absolute Gasteiger partial charge is 0.370 e. The van der Waals surface area contributed by atoms with E-state index in [0.717, 1.165) is 13.1 Å². The van der Waals surface area contributed by atoms with Crippen LogP contribution in [0, 0.1) is 20.8 Å². The maximum Gasteiger partial charge on any atom is 0.191 e. The van der Waals surface area contributed by atoms with Crippen molar-refractivity contribution in [2.45, 2.75) is 41.2 Å². The number of aliphatic imine (C=N–C) groups is 1. The van der Waals surface area contributed by atoms with Gasteiger partial charge in [0.25, 0.3) is 0 Å². The van der Waals surface area contributed by atoms with Crippen LogP contribution in [-0.2, 0) is 6.54 Å². The first-order chi connectivity index (χ1) is 8.49. The normalized spacial score (nSPS) is 11.1. The Hall–Kier alpha value is -0.780. The molecule has 19 heavy (non-hydrogen) atoms. The molecule has 0 saturated carbocycles. The first-order valence-electron chi connectivity index (χ1n) is 6.61. The molecule has 0 aromatic heterocycles. The quantitative estimate of drug-likeness (QED) is 0.498. The van der Waals surface area contributed by atoms with Crippen molar-refractivity contribution in [3.63, 3.8) is 0 Å². The third-order valence-corrected chi connectivity index (χ3v) is 3.33. The average molecular weight is 375 g/mol. The van der Waals surface area contributed by atoms with E-state index >= 15 is 0 Å². The number of hydrogen-bond donors (Lipinski definition) is 1. The van der Waals surface area contributed by atoms with Crippen LogP contribution in [0.15, 0.2) is 17.1 Å². The number of nitrogens with two attached hydrogens (primary N) is 1. The lowest BCUT2D eigenvalue weighted by Crippen LogP contribution is -2.37. The SMILES string of the molecule is CCN(CC)C(N)=NCc1c(C)cc(C)cc1C.I. The van der Waals surface area contributed by atoms with E-state index in [-0.39, 0.29) is 24.0 Å². The molecule has 1 rings (SSSR count). The Labute approximate surface area is 134 Å². The molecule has 4 heteroatoms. The zero-order chi connectivity index (χ0) is 13.7. The van der Waals surface area contributed by atoms with E-state index in [2.05, 4.69) is 56.6 Å².